The van der Waals surface area contributed by atoms with Gasteiger partial charge in [-0.2, -0.15) is 0 Å². The van der Waals surface area contributed by atoms with E-state index >= 15 is 0 Å². The van der Waals surface area contributed by atoms with Crippen molar-refractivity contribution in [1.82, 2.24) is 5.16 Å². The molecule has 1 aromatic heterocycles. The molecule has 0 aliphatic heterocycles. The van der Waals surface area contributed by atoms with Gasteiger partial charge in [0.1, 0.15) is 0 Å². The minimum Gasteiger partial charge on any atom is -0.380 e. The summed E-state index contributed by atoms with van der Waals surface area (Å²) in [5.41, 5.74) is 8.55. The van der Waals surface area contributed by atoms with Gasteiger partial charge in [-0.1, -0.05) is 29.4 Å². The Hall–Kier alpha value is -1.81. The van der Waals surface area contributed by atoms with Crippen molar-refractivity contribution < 1.29 is 9.26 Å². The largest absolute Gasteiger partial charge is 0.380 e. The quantitative estimate of drug-likeness (QED) is 0.831. The molecule has 2 aromatic rings. The molecule has 2 rings (SSSR count). The Morgan fingerprint density at radius 3 is 2.60 bits per heavy atom. The van der Waals surface area contributed by atoms with Gasteiger partial charge in [-0.25, -0.2) is 0 Å². The first kappa shape index (κ1) is 9.73. The first-order chi connectivity index (χ1) is 7.31. The highest BCUT2D eigenvalue weighted by Crippen LogP contribution is 2.25. The molecule has 78 valence electrons. The van der Waals surface area contributed by atoms with E-state index in [1.54, 1.807) is 13.3 Å². The van der Waals surface area contributed by atoms with Crippen LogP contribution in [0.1, 0.15) is 5.56 Å². The molecule has 1 heterocycles. The number of hydrogen-bond acceptors (Lipinski definition) is 4. The van der Waals surface area contributed by atoms with E-state index in [0.717, 1.165) is 16.7 Å². The van der Waals surface area contributed by atoms with Crippen LogP contribution in [0.2, 0.25) is 0 Å². The summed E-state index contributed by atoms with van der Waals surface area (Å²) in [5.74, 6) is 0.342. The van der Waals surface area contributed by atoms with Crippen LogP contribution < -0.4 is 5.73 Å². The second kappa shape index (κ2) is 4.14. The molecular weight excluding hydrogens is 192 g/mol. The summed E-state index contributed by atoms with van der Waals surface area (Å²) in [5, 5.41) is 3.63. The average molecular weight is 204 g/mol. The number of ether oxygens (including phenoxy) is 1. The van der Waals surface area contributed by atoms with E-state index in [9.17, 15) is 0 Å². The minimum atomic E-state index is 0.342. The normalized spacial score (nSPS) is 10.5. The standard InChI is InChI=1S/C11H12N2O2/c1-14-7-8-2-4-9(5-3-8)10-6-13-15-11(10)12/h2-6H,7,12H2,1H3. The van der Waals surface area contributed by atoms with Crippen LogP contribution in [0.25, 0.3) is 11.1 Å². The zero-order valence-electron chi connectivity index (χ0n) is 8.43. The first-order valence-corrected chi connectivity index (χ1v) is 4.59. The lowest BCUT2D eigenvalue weighted by Crippen LogP contribution is -1.88. The molecule has 2 N–H and O–H groups in total. The van der Waals surface area contributed by atoms with Crippen LogP contribution in [0.5, 0.6) is 0 Å². The molecule has 0 bridgehead atoms. The molecule has 0 fully saturated rings. The van der Waals surface area contributed by atoms with E-state index in [-0.39, 0.29) is 0 Å². The van der Waals surface area contributed by atoms with Gasteiger partial charge in [0.2, 0.25) is 5.88 Å². The summed E-state index contributed by atoms with van der Waals surface area (Å²) >= 11 is 0. The van der Waals surface area contributed by atoms with Gasteiger partial charge in [-0.15, -0.1) is 0 Å². The summed E-state index contributed by atoms with van der Waals surface area (Å²) in [6.45, 7) is 0.611. The highest BCUT2D eigenvalue weighted by Gasteiger charge is 2.06. The highest BCUT2D eigenvalue weighted by molar-refractivity contribution is 5.71. The number of anilines is 1. The Morgan fingerprint density at radius 2 is 2.07 bits per heavy atom. The van der Waals surface area contributed by atoms with Gasteiger partial charge in [0, 0.05) is 7.11 Å². The second-order valence-electron chi connectivity index (χ2n) is 3.23. The average Bonchev–Trinajstić information content (AvgIpc) is 2.66. The molecule has 4 heteroatoms. The smallest absolute Gasteiger partial charge is 0.229 e. The maximum absolute atomic E-state index is 5.62. The van der Waals surface area contributed by atoms with Gasteiger partial charge in [0.05, 0.1) is 18.4 Å². The monoisotopic (exact) mass is 204 g/mol. The molecule has 0 amide bonds. The summed E-state index contributed by atoms with van der Waals surface area (Å²) < 4.78 is 9.83. The number of nitrogens with two attached hydrogens (primary N) is 1. The molecule has 1 aromatic carbocycles. The molecule has 0 unspecified atom stereocenters. The third-order valence-corrected chi connectivity index (χ3v) is 2.17. The number of nitrogen functional groups attached to an aromatic ring is 1. The van der Waals surface area contributed by atoms with Gasteiger partial charge in [0.15, 0.2) is 0 Å². The lowest BCUT2D eigenvalue weighted by molar-refractivity contribution is 0.185. The van der Waals surface area contributed by atoms with Gasteiger partial charge in [0.25, 0.3) is 0 Å². The van der Waals surface area contributed by atoms with Crippen molar-refractivity contribution in [3.63, 3.8) is 0 Å². The second-order valence-corrected chi connectivity index (χ2v) is 3.23. The number of hydrogen-bond donors (Lipinski definition) is 1. The molecule has 15 heavy (non-hydrogen) atoms. The van der Waals surface area contributed by atoms with Crippen LogP contribution in [-0.4, -0.2) is 12.3 Å². The van der Waals surface area contributed by atoms with Gasteiger partial charge in [-0.05, 0) is 11.1 Å². The molecular formula is C11H12N2O2. The van der Waals surface area contributed by atoms with Crippen LogP contribution in [0, 0.1) is 0 Å². The summed E-state index contributed by atoms with van der Waals surface area (Å²) in [4.78, 5) is 0. The third-order valence-electron chi connectivity index (χ3n) is 2.17. The maximum Gasteiger partial charge on any atom is 0.229 e. The maximum atomic E-state index is 5.62. The Balaban J connectivity index is 2.28. The predicted octanol–water partition coefficient (Wildman–Crippen LogP) is 2.07. The molecule has 0 aliphatic carbocycles. The fourth-order valence-electron chi connectivity index (χ4n) is 1.41. The molecule has 4 nitrogen and oxygen atoms in total. The zero-order chi connectivity index (χ0) is 10.7. The highest BCUT2D eigenvalue weighted by atomic mass is 16.5. The Bertz CT molecular complexity index is 434. The van der Waals surface area contributed by atoms with Crippen molar-refractivity contribution in [1.29, 1.82) is 0 Å². The number of nitrogens with zero attached hydrogens (tertiary/aromatic N) is 1. The van der Waals surface area contributed by atoms with Crippen LogP contribution in [0.4, 0.5) is 5.88 Å². The summed E-state index contributed by atoms with van der Waals surface area (Å²) in [6.07, 6.45) is 1.61. The molecule has 0 atom stereocenters. The summed E-state index contributed by atoms with van der Waals surface area (Å²) in [6, 6.07) is 7.92. The molecule has 0 saturated heterocycles. The van der Waals surface area contributed by atoms with E-state index in [0.29, 0.717) is 12.5 Å². The van der Waals surface area contributed by atoms with Crippen molar-refractivity contribution in [3.8, 4) is 11.1 Å². The van der Waals surface area contributed by atoms with Crippen LogP contribution in [-0.2, 0) is 11.3 Å². The molecule has 0 aliphatic rings. The minimum absolute atomic E-state index is 0.342. The fraction of sp³-hybridized carbons (Fsp3) is 0.182. The Morgan fingerprint density at radius 1 is 1.33 bits per heavy atom. The van der Waals surface area contributed by atoms with Crippen molar-refractivity contribution in [3.05, 3.63) is 36.0 Å². The van der Waals surface area contributed by atoms with Gasteiger partial charge >= 0.3 is 0 Å². The Labute approximate surface area is 87.6 Å². The lowest BCUT2D eigenvalue weighted by Gasteiger charge is -2.01. The number of rotatable bonds is 3. The van der Waals surface area contributed by atoms with Crippen molar-refractivity contribution >= 4 is 5.88 Å². The SMILES string of the molecule is COCc1ccc(-c2cnoc2N)cc1. The van der Waals surface area contributed by atoms with Gasteiger partial charge in [-0.3, -0.25) is 0 Å². The van der Waals surface area contributed by atoms with Gasteiger partial charge < -0.3 is 15.0 Å². The van der Waals surface area contributed by atoms with E-state index in [1.807, 2.05) is 24.3 Å². The first-order valence-electron chi connectivity index (χ1n) is 4.59. The zero-order valence-corrected chi connectivity index (χ0v) is 8.43. The number of methoxy groups -OCH3 is 1. The van der Waals surface area contributed by atoms with Crippen molar-refractivity contribution in [2.45, 2.75) is 6.61 Å². The van der Waals surface area contributed by atoms with E-state index < -0.39 is 0 Å². The van der Waals surface area contributed by atoms with E-state index in [2.05, 4.69) is 5.16 Å². The third kappa shape index (κ3) is 1.99. The topological polar surface area (TPSA) is 61.3 Å². The Kier molecular flexibility index (Phi) is 2.69. The molecule has 0 radical (unpaired) electrons. The van der Waals surface area contributed by atoms with Crippen molar-refractivity contribution in [2.24, 2.45) is 0 Å². The lowest BCUT2D eigenvalue weighted by atomic mass is 10.1. The summed E-state index contributed by atoms with van der Waals surface area (Å²) in [7, 11) is 1.67. The molecule has 0 saturated carbocycles. The number of benzene rings is 1. The van der Waals surface area contributed by atoms with E-state index in [4.69, 9.17) is 15.0 Å². The molecule has 0 spiro atoms. The van der Waals surface area contributed by atoms with E-state index in [1.165, 1.54) is 0 Å². The van der Waals surface area contributed by atoms with Crippen molar-refractivity contribution in [2.75, 3.05) is 12.8 Å². The van der Waals surface area contributed by atoms with Crippen LogP contribution >= 0.6 is 0 Å². The predicted molar refractivity (Wildman–Crippen MR) is 57.1 cm³/mol. The van der Waals surface area contributed by atoms with Crippen LogP contribution in [0.3, 0.4) is 0 Å². The van der Waals surface area contributed by atoms with Crippen LogP contribution in [0.15, 0.2) is 35.0 Å². The number of aromatic nitrogens is 1. The fourth-order valence-corrected chi connectivity index (χ4v) is 1.41.